The number of likely N-dealkylation sites (tertiary alicyclic amines) is 1. The van der Waals surface area contributed by atoms with Gasteiger partial charge in [0.05, 0.1) is 6.42 Å². The van der Waals surface area contributed by atoms with E-state index < -0.39 is 0 Å². The number of carbonyl (C=O) groups excluding carboxylic acids is 1. The van der Waals surface area contributed by atoms with Gasteiger partial charge < -0.3 is 4.90 Å². The first-order valence-corrected chi connectivity index (χ1v) is 9.04. The molecule has 0 spiro atoms. The number of amides is 1. The summed E-state index contributed by atoms with van der Waals surface area (Å²) in [6.07, 6.45) is 2.15. The second-order valence-electron chi connectivity index (χ2n) is 6.46. The molecule has 1 amide bonds. The second kappa shape index (κ2) is 7.44. The zero-order valence-electron chi connectivity index (χ0n) is 14.6. The van der Waals surface area contributed by atoms with Gasteiger partial charge in [0.15, 0.2) is 0 Å². The Kier molecular flexibility index (Phi) is 5.27. The molecule has 134 valence electrons. The third-order valence-electron chi connectivity index (χ3n) is 4.79. The van der Waals surface area contributed by atoms with Gasteiger partial charge in [-0.2, -0.15) is 5.10 Å². The number of halogens is 1. The number of hydrogen-bond acceptors (Lipinski definition) is 3. The summed E-state index contributed by atoms with van der Waals surface area (Å²) in [7, 11) is 1.67. The highest BCUT2D eigenvalue weighted by molar-refractivity contribution is 6.31. The Balaban J connectivity index is 1.75. The van der Waals surface area contributed by atoms with Gasteiger partial charge in [-0.25, -0.2) is 9.48 Å². The maximum absolute atomic E-state index is 12.7. The van der Waals surface area contributed by atoms with Crippen molar-refractivity contribution < 1.29 is 4.79 Å². The number of piperidine rings is 1. The van der Waals surface area contributed by atoms with Crippen LogP contribution in [0, 0.1) is 0 Å². The molecule has 0 radical (unpaired) electrons. The van der Waals surface area contributed by atoms with Gasteiger partial charge in [0.2, 0.25) is 5.91 Å². The first-order valence-electron chi connectivity index (χ1n) is 8.66. The molecule has 1 atom stereocenters. The lowest BCUT2D eigenvalue weighted by atomic mass is 9.96. The van der Waals surface area contributed by atoms with Crippen LogP contribution in [0.4, 0.5) is 0 Å². The highest BCUT2D eigenvalue weighted by atomic mass is 35.5. The van der Waals surface area contributed by atoms with Crippen LogP contribution in [0.2, 0.25) is 5.02 Å². The number of nitrogens with zero attached hydrogens (tertiary/aromatic N) is 4. The Morgan fingerprint density at radius 1 is 1.36 bits per heavy atom. The normalized spacial score (nSPS) is 17.7. The Bertz CT molecular complexity index is 827. The molecule has 0 unspecified atom stereocenters. The molecule has 0 saturated carbocycles. The fourth-order valence-corrected chi connectivity index (χ4v) is 3.66. The fraction of sp³-hybridized carbons (Fsp3) is 0.500. The van der Waals surface area contributed by atoms with Gasteiger partial charge in [0.25, 0.3) is 0 Å². The smallest absolute Gasteiger partial charge is 0.342 e. The van der Waals surface area contributed by atoms with Crippen molar-refractivity contribution in [2.45, 2.75) is 38.6 Å². The van der Waals surface area contributed by atoms with Crippen LogP contribution in [0.1, 0.15) is 37.1 Å². The fourth-order valence-electron chi connectivity index (χ4n) is 3.45. The molecular formula is C18H23ClN4O2. The number of aromatic nitrogens is 3. The molecule has 1 saturated heterocycles. The van der Waals surface area contributed by atoms with Gasteiger partial charge in [-0.15, -0.1) is 0 Å². The van der Waals surface area contributed by atoms with E-state index >= 15 is 0 Å². The number of benzene rings is 1. The molecule has 6 nitrogen and oxygen atoms in total. The summed E-state index contributed by atoms with van der Waals surface area (Å²) in [5.74, 6) is 0.946. The van der Waals surface area contributed by atoms with Gasteiger partial charge >= 0.3 is 5.69 Å². The molecule has 25 heavy (non-hydrogen) atoms. The number of aryl methyl sites for hydroxylation is 1. The van der Waals surface area contributed by atoms with Crippen molar-refractivity contribution in [1.29, 1.82) is 0 Å². The van der Waals surface area contributed by atoms with E-state index in [1.54, 1.807) is 17.7 Å². The van der Waals surface area contributed by atoms with Crippen LogP contribution in [0.25, 0.3) is 0 Å². The first kappa shape index (κ1) is 17.7. The number of rotatable bonds is 4. The highest BCUT2D eigenvalue weighted by Crippen LogP contribution is 2.26. The van der Waals surface area contributed by atoms with E-state index in [1.807, 2.05) is 30.0 Å². The Hall–Kier alpha value is -2.08. The van der Waals surface area contributed by atoms with E-state index in [2.05, 4.69) is 5.10 Å². The van der Waals surface area contributed by atoms with Crippen molar-refractivity contribution in [3.05, 3.63) is 51.2 Å². The third kappa shape index (κ3) is 3.63. The summed E-state index contributed by atoms with van der Waals surface area (Å²) in [5.41, 5.74) is 0.747. The molecule has 2 aromatic rings. The molecule has 0 bridgehead atoms. The van der Waals surface area contributed by atoms with Gasteiger partial charge in [-0.3, -0.25) is 9.36 Å². The van der Waals surface area contributed by atoms with Crippen LogP contribution < -0.4 is 5.69 Å². The van der Waals surface area contributed by atoms with E-state index in [9.17, 15) is 9.59 Å². The second-order valence-corrected chi connectivity index (χ2v) is 6.86. The third-order valence-corrected chi connectivity index (χ3v) is 5.16. The molecule has 2 heterocycles. The monoisotopic (exact) mass is 362 g/mol. The van der Waals surface area contributed by atoms with Crippen LogP contribution >= 0.6 is 11.6 Å². The van der Waals surface area contributed by atoms with Crippen LogP contribution in [-0.4, -0.2) is 38.2 Å². The van der Waals surface area contributed by atoms with Crippen molar-refractivity contribution in [1.82, 2.24) is 19.2 Å². The molecule has 1 aromatic heterocycles. The SMILES string of the molecule is CCn1c([C@@H]2CCCN(C(=O)Cc3ccccc3Cl)C2)nn(C)c1=O. The molecule has 0 aliphatic carbocycles. The van der Waals surface area contributed by atoms with E-state index in [0.29, 0.717) is 24.5 Å². The van der Waals surface area contributed by atoms with E-state index in [1.165, 1.54) is 4.68 Å². The molecule has 1 aliphatic heterocycles. The summed E-state index contributed by atoms with van der Waals surface area (Å²) in [6, 6.07) is 7.44. The quantitative estimate of drug-likeness (QED) is 0.837. The van der Waals surface area contributed by atoms with E-state index in [4.69, 9.17) is 11.6 Å². The zero-order chi connectivity index (χ0) is 18.0. The molecular weight excluding hydrogens is 340 g/mol. The minimum atomic E-state index is -0.1000. The topological polar surface area (TPSA) is 60.1 Å². The zero-order valence-corrected chi connectivity index (χ0v) is 15.4. The lowest BCUT2D eigenvalue weighted by Gasteiger charge is -2.32. The standard InChI is InChI=1S/C18H23ClN4O2/c1-3-23-17(20-21(2)18(23)25)14-8-6-10-22(12-14)16(24)11-13-7-4-5-9-15(13)19/h4-5,7,9,14H,3,6,8,10-12H2,1-2H3/t14-/m1/s1. The minimum Gasteiger partial charge on any atom is -0.342 e. The van der Waals surface area contributed by atoms with Gasteiger partial charge in [0.1, 0.15) is 5.82 Å². The number of carbonyl (C=O) groups is 1. The molecule has 1 aliphatic rings. The Morgan fingerprint density at radius 2 is 2.12 bits per heavy atom. The van der Waals surface area contributed by atoms with Crippen LogP contribution in [-0.2, 0) is 24.8 Å². The summed E-state index contributed by atoms with van der Waals surface area (Å²) < 4.78 is 3.08. The van der Waals surface area contributed by atoms with Gasteiger partial charge in [-0.05, 0) is 31.4 Å². The summed E-state index contributed by atoms with van der Waals surface area (Å²) in [5, 5.41) is 5.02. The van der Waals surface area contributed by atoms with Crippen molar-refractivity contribution in [2.75, 3.05) is 13.1 Å². The largest absolute Gasteiger partial charge is 0.345 e. The van der Waals surface area contributed by atoms with E-state index in [-0.39, 0.29) is 17.5 Å². The lowest BCUT2D eigenvalue weighted by molar-refractivity contribution is -0.131. The number of hydrogen-bond donors (Lipinski definition) is 0. The van der Waals surface area contributed by atoms with Gasteiger partial charge in [0, 0.05) is 37.6 Å². The van der Waals surface area contributed by atoms with Crippen molar-refractivity contribution in [3.8, 4) is 0 Å². The average Bonchev–Trinajstić information content (AvgIpc) is 2.91. The van der Waals surface area contributed by atoms with Gasteiger partial charge in [-0.1, -0.05) is 29.8 Å². The lowest BCUT2D eigenvalue weighted by Crippen LogP contribution is -2.40. The molecule has 1 aromatic carbocycles. The minimum absolute atomic E-state index is 0.0686. The predicted octanol–water partition coefficient (Wildman–Crippen LogP) is 2.20. The summed E-state index contributed by atoms with van der Waals surface area (Å²) >= 11 is 6.17. The molecule has 0 N–H and O–H groups in total. The van der Waals surface area contributed by atoms with Crippen LogP contribution in [0.3, 0.4) is 0 Å². The summed E-state index contributed by atoms with van der Waals surface area (Å²) in [6.45, 7) is 3.87. The maximum Gasteiger partial charge on any atom is 0.345 e. The maximum atomic E-state index is 12.7. The predicted molar refractivity (Wildman–Crippen MR) is 96.9 cm³/mol. The van der Waals surface area contributed by atoms with Crippen LogP contribution in [0.15, 0.2) is 29.1 Å². The molecule has 7 heteroatoms. The summed E-state index contributed by atoms with van der Waals surface area (Å²) in [4.78, 5) is 26.7. The van der Waals surface area contributed by atoms with Crippen molar-refractivity contribution in [2.24, 2.45) is 7.05 Å². The molecule has 3 rings (SSSR count). The van der Waals surface area contributed by atoms with Crippen molar-refractivity contribution in [3.63, 3.8) is 0 Å². The Morgan fingerprint density at radius 3 is 2.84 bits per heavy atom. The van der Waals surface area contributed by atoms with Crippen LogP contribution in [0.5, 0.6) is 0 Å². The van der Waals surface area contributed by atoms with Crippen molar-refractivity contribution >= 4 is 17.5 Å². The Labute approximate surface area is 152 Å². The average molecular weight is 363 g/mol. The van der Waals surface area contributed by atoms with E-state index in [0.717, 1.165) is 30.8 Å². The molecule has 1 fully saturated rings. The first-order chi connectivity index (χ1) is 12.0. The highest BCUT2D eigenvalue weighted by Gasteiger charge is 2.29.